The fourth-order valence-electron chi connectivity index (χ4n) is 1.77. The summed E-state index contributed by atoms with van der Waals surface area (Å²) in [5.41, 5.74) is 1.82. The molecule has 20 heavy (non-hydrogen) atoms. The fraction of sp³-hybridized carbons (Fsp3) is 0.333. The van der Waals surface area contributed by atoms with Crippen molar-refractivity contribution in [3.63, 3.8) is 0 Å². The fourth-order valence-corrected chi connectivity index (χ4v) is 1.77. The van der Waals surface area contributed by atoms with Crippen LogP contribution in [0.15, 0.2) is 47.3 Å². The molecule has 0 amide bonds. The highest BCUT2D eigenvalue weighted by Crippen LogP contribution is 2.13. The molecule has 0 aliphatic heterocycles. The van der Waals surface area contributed by atoms with Gasteiger partial charge in [0.15, 0.2) is 0 Å². The van der Waals surface area contributed by atoms with Gasteiger partial charge in [0.25, 0.3) is 5.56 Å². The molecule has 1 heterocycles. The lowest BCUT2D eigenvalue weighted by atomic mass is 10.1. The second-order valence-corrected chi connectivity index (χ2v) is 5.66. The molecule has 2 aromatic rings. The number of aromatic nitrogens is 2. The van der Waals surface area contributed by atoms with Crippen LogP contribution in [0.5, 0.6) is 0 Å². The molecular weight excluding hydrogens is 318 g/mol. The molecule has 0 spiro atoms. The molecular formula is C15H20BrN3O. The highest BCUT2D eigenvalue weighted by atomic mass is 79.9. The van der Waals surface area contributed by atoms with Crippen LogP contribution < -0.4 is 22.5 Å². The Balaban J connectivity index is 0.00000200. The predicted molar refractivity (Wildman–Crippen MR) is 76.8 cm³/mol. The van der Waals surface area contributed by atoms with Crippen LogP contribution in [0.3, 0.4) is 0 Å². The third kappa shape index (κ3) is 4.58. The molecule has 0 N–H and O–H groups in total. The third-order valence-electron chi connectivity index (χ3n) is 2.92. The van der Waals surface area contributed by atoms with Crippen LogP contribution in [0, 0.1) is 0 Å². The molecule has 0 fully saturated rings. The molecule has 2 rings (SSSR count). The van der Waals surface area contributed by atoms with Crippen LogP contribution in [0.25, 0.3) is 11.3 Å². The van der Waals surface area contributed by atoms with E-state index < -0.39 is 0 Å². The van der Waals surface area contributed by atoms with Crippen LogP contribution in [-0.4, -0.2) is 42.0 Å². The van der Waals surface area contributed by atoms with Crippen molar-refractivity contribution in [2.45, 2.75) is 6.54 Å². The number of hydrogen-bond donors (Lipinski definition) is 0. The molecule has 108 valence electrons. The van der Waals surface area contributed by atoms with E-state index in [1.54, 1.807) is 16.8 Å². The first-order chi connectivity index (χ1) is 8.96. The van der Waals surface area contributed by atoms with Gasteiger partial charge in [-0.1, -0.05) is 30.3 Å². The molecule has 1 aromatic heterocycles. The number of nitrogens with zero attached hydrogens (tertiary/aromatic N) is 3. The zero-order chi connectivity index (χ0) is 13.9. The van der Waals surface area contributed by atoms with E-state index in [9.17, 15) is 4.79 Å². The average Bonchev–Trinajstić information content (AvgIpc) is 2.38. The second kappa shape index (κ2) is 6.81. The number of likely N-dealkylation sites (N-methyl/N-ethyl adjacent to an activating group) is 1. The summed E-state index contributed by atoms with van der Waals surface area (Å²) in [5.74, 6) is 0. The van der Waals surface area contributed by atoms with Crippen LogP contribution in [0.2, 0.25) is 0 Å². The van der Waals surface area contributed by atoms with Crippen LogP contribution in [-0.2, 0) is 6.54 Å². The molecule has 0 saturated carbocycles. The summed E-state index contributed by atoms with van der Waals surface area (Å²) >= 11 is 0. The van der Waals surface area contributed by atoms with Crippen molar-refractivity contribution >= 4 is 0 Å². The Kier molecular flexibility index (Phi) is 5.65. The first-order valence-corrected chi connectivity index (χ1v) is 6.40. The summed E-state index contributed by atoms with van der Waals surface area (Å²) < 4.78 is 2.36. The molecule has 0 unspecified atom stereocenters. The van der Waals surface area contributed by atoms with Gasteiger partial charge < -0.3 is 21.5 Å². The van der Waals surface area contributed by atoms with Crippen molar-refractivity contribution in [1.29, 1.82) is 0 Å². The van der Waals surface area contributed by atoms with E-state index in [1.807, 2.05) is 30.3 Å². The molecule has 0 atom stereocenters. The summed E-state index contributed by atoms with van der Waals surface area (Å²) in [6.45, 7) is 1.49. The van der Waals surface area contributed by atoms with E-state index in [-0.39, 0.29) is 22.5 Å². The topological polar surface area (TPSA) is 34.9 Å². The van der Waals surface area contributed by atoms with Gasteiger partial charge >= 0.3 is 0 Å². The Hall–Kier alpha value is -1.46. The Morgan fingerprint density at radius 3 is 2.30 bits per heavy atom. The minimum Gasteiger partial charge on any atom is -1.00 e. The standard InChI is InChI=1S/C15H20N3O.BrH/c1-18(2,3)12-11-17-15(19)10-9-14(16-17)13-7-5-4-6-8-13;/h4-10H,11-12H2,1-3H3;1H/q+1;/p-1. The van der Waals surface area contributed by atoms with Crippen molar-refractivity contribution in [3.8, 4) is 11.3 Å². The van der Waals surface area contributed by atoms with Crippen molar-refractivity contribution in [2.75, 3.05) is 27.7 Å². The molecule has 0 bridgehead atoms. The molecule has 5 heteroatoms. The lowest BCUT2D eigenvalue weighted by Gasteiger charge is -2.23. The predicted octanol–water partition coefficient (Wildman–Crippen LogP) is -1.38. The van der Waals surface area contributed by atoms with E-state index in [2.05, 4.69) is 26.2 Å². The summed E-state index contributed by atoms with van der Waals surface area (Å²) in [6, 6.07) is 13.3. The van der Waals surface area contributed by atoms with Crippen LogP contribution in [0.4, 0.5) is 0 Å². The summed E-state index contributed by atoms with van der Waals surface area (Å²) in [7, 11) is 6.31. The van der Waals surface area contributed by atoms with Gasteiger partial charge in [-0.3, -0.25) is 4.79 Å². The van der Waals surface area contributed by atoms with Crippen molar-refractivity contribution in [3.05, 3.63) is 52.8 Å². The average molecular weight is 338 g/mol. The smallest absolute Gasteiger partial charge is 0.266 e. The number of benzene rings is 1. The molecule has 0 aliphatic rings. The van der Waals surface area contributed by atoms with Crippen molar-refractivity contribution in [2.24, 2.45) is 0 Å². The van der Waals surface area contributed by atoms with E-state index in [4.69, 9.17) is 0 Å². The van der Waals surface area contributed by atoms with Gasteiger partial charge in [-0.25, -0.2) is 4.68 Å². The molecule has 1 aromatic carbocycles. The quantitative estimate of drug-likeness (QED) is 0.645. The zero-order valence-corrected chi connectivity index (χ0v) is 13.7. The van der Waals surface area contributed by atoms with Gasteiger partial charge in [0, 0.05) is 11.6 Å². The maximum atomic E-state index is 11.8. The van der Waals surface area contributed by atoms with E-state index in [0.29, 0.717) is 6.54 Å². The molecule has 4 nitrogen and oxygen atoms in total. The normalized spacial score (nSPS) is 10.9. The van der Waals surface area contributed by atoms with Gasteiger partial charge in [0.2, 0.25) is 0 Å². The van der Waals surface area contributed by atoms with Gasteiger partial charge in [0.1, 0.15) is 0 Å². The molecule has 0 aliphatic carbocycles. The SMILES string of the molecule is C[N+](C)(C)CCn1nc(-c2ccccc2)ccc1=O.[Br-]. The van der Waals surface area contributed by atoms with E-state index >= 15 is 0 Å². The van der Waals surface area contributed by atoms with Gasteiger partial charge in [-0.15, -0.1) is 0 Å². The first-order valence-electron chi connectivity index (χ1n) is 6.40. The minimum atomic E-state index is -0.0480. The van der Waals surface area contributed by atoms with Crippen LogP contribution >= 0.6 is 0 Å². The van der Waals surface area contributed by atoms with Gasteiger partial charge in [0.05, 0.1) is 39.9 Å². The van der Waals surface area contributed by atoms with Crippen molar-refractivity contribution < 1.29 is 21.5 Å². The highest BCUT2D eigenvalue weighted by molar-refractivity contribution is 5.57. The van der Waals surface area contributed by atoms with Crippen molar-refractivity contribution in [1.82, 2.24) is 9.78 Å². The second-order valence-electron chi connectivity index (χ2n) is 5.66. The zero-order valence-electron chi connectivity index (χ0n) is 12.1. The first kappa shape index (κ1) is 16.6. The highest BCUT2D eigenvalue weighted by Gasteiger charge is 2.09. The lowest BCUT2D eigenvalue weighted by Crippen LogP contribution is -3.00. The Bertz CT molecular complexity index is 603. The molecule has 0 radical (unpaired) electrons. The number of halogens is 1. The third-order valence-corrected chi connectivity index (χ3v) is 2.92. The maximum absolute atomic E-state index is 11.8. The minimum absolute atomic E-state index is 0. The number of quaternary nitrogens is 1. The number of hydrogen-bond acceptors (Lipinski definition) is 2. The Morgan fingerprint density at radius 2 is 1.70 bits per heavy atom. The maximum Gasteiger partial charge on any atom is 0.266 e. The monoisotopic (exact) mass is 337 g/mol. The van der Waals surface area contributed by atoms with Crippen LogP contribution in [0.1, 0.15) is 0 Å². The van der Waals surface area contributed by atoms with E-state index in [1.165, 1.54) is 0 Å². The van der Waals surface area contributed by atoms with Gasteiger partial charge in [-0.2, -0.15) is 5.10 Å². The molecule has 0 saturated heterocycles. The summed E-state index contributed by atoms with van der Waals surface area (Å²) in [5, 5.41) is 4.44. The largest absolute Gasteiger partial charge is 1.00 e. The van der Waals surface area contributed by atoms with E-state index in [0.717, 1.165) is 22.3 Å². The Labute approximate surface area is 130 Å². The summed E-state index contributed by atoms with van der Waals surface area (Å²) in [6.07, 6.45) is 0. The lowest BCUT2D eigenvalue weighted by molar-refractivity contribution is -0.871. The Morgan fingerprint density at radius 1 is 1.05 bits per heavy atom. The van der Waals surface area contributed by atoms with Gasteiger partial charge in [-0.05, 0) is 6.07 Å². The number of rotatable bonds is 4. The summed E-state index contributed by atoms with van der Waals surface area (Å²) in [4.78, 5) is 11.8.